The minimum Gasteiger partial charge on any atom is -0.478 e. The predicted octanol–water partition coefficient (Wildman–Crippen LogP) is 5.26. The Morgan fingerprint density at radius 2 is 0.875 bits per heavy atom. The number of anilines is 3. The van der Waals surface area contributed by atoms with Gasteiger partial charge in [0, 0.05) is 26.8 Å². The van der Waals surface area contributed by atoms with Crippen LogP contribution in [0.1, 0.15) is 47.0 Å². The fourth-order valence-corrected chi connectivity index (χ4v) is 6.53. The van der Waals surface area contributed by atoms with E-state index in [1.165, 1.54) is 9.76 Å². The first-order valence-electron chi connectivity index (χ1n) is 14.8. The van der Waals surface area contributed by atoms with Gasteiger partial charge in [-0.3, -0.25) is 9.59 Å². The van der Waals surface area contributed by atoms with Crippen molar-refractivity contribution in [2.24, 2.45) is 0 Å². The minimum atomic E-state index is -1.52. The first-order valence-corrected chi connectivity index (χ1v) is 21.2. The van der Waals surface area contributed by atoms with Crippen LogP contribution >= 0.6 is 0 Å². The molecule has 0 spiro atoms. The first-order chi connectivity index (χ1) is 23.1. The third-order valence-corrected chi connectivity index (χ3v) is 8.88. The number of nitrogens with one attached hydrogen (secondary N) is 3. The third kappa shape index (κ3) is 8.34. The Bertz CT molecular complexity index is 1970. The second kappa shape index (κ2) is 14.9. The van der Waals surface area contributed by atoms with E-state index in [0.29, 0.717) is 34.4 Å². The lowest BCUT2D eigenvalue weighted by Gasteiger charge is -2.14. The molecule has 0 aromatic heterocycles. The van der Waals surface area contributed by atoms with Crippen LogP contribution in [-0.4, -0.2) is 52.9 Å². The molecule has 0 saturated carbocycles. The number of amides is 2. The normalized spacial score (nSPS) is 10.8. The van der Waals surface area contributed by atoms with Crippen molar-refractivity contribution in [1.82, 2.24) is 0 Å². The summed E-state index contributed by atoms with van der Waals surface area (Å²) in [5, 5.41) is 25.0. The standard InChI is InChI=1S/C35H31N3O8Si2/c1-20-2-10-24(11-3-20)45-25-12-4-21(5-13-25)36-32(39)28-18-31(35(43)44)29(19-30(28)34(41)42)33(40)37-22-6-14-26(15-7-22)46-27-16-8-23(9-17-27)38-48-47/h2-19,38H,48H2,1,47H3,(H,36,39)(H,37,40)(H,41,42)(H,43,44). The lowest BCUT2D eigenvalue weighted by atomic mass is 9.96. The van der Waals surface area contributed by atoms with Crippen LogP contribution in [0.3, 0.4) is 0 Å². The fourth-order valence-electron chi connectivity index (χ4n) is 4.66. The molecule has 11 nitrogen and oxygen atoms in total. The largest absolute Gasteiger partial charge is 0.478 e. The highest BCUT2D eigenvalue weighted by molar-refractivity contribution is 6.91. The van der Waals surface area contributed by atoms with Crippen LogP contribution in [0.5, 0.6) is 23.0 Å². The molecule has 0 aliphatic heterocycles. The molecule has 0 unspecified atom stereocenters. The van der Waals surface area contributed by atoms with Gasteiger partial charge in [0.25, 0.3) is 11.8 Å². The Kier molecular flexibility index (Phi) is 10.3. The van der Waals surface area contributed by atoms with E-state index in [1.807, 2.05) is 55.5 Å². The van der Waals surface area contributed by atoms with E-state index in [-0.39, 0.29) is 9.20 Å². The van der Waals surface area contributed by atoms with Crippen LogP contribution in [0.4, 0.5) is 17.1 Å². The van der Waals surface area contributed by atoms with E-state index in [2.05, 4.69) is 15.6 Å². The van der Waals surface area contributed by atoms with E-state index in [9.17, 15) is 29.4 Å². The van der Waals surface area contributed by atoms with Gasteiger partial charge in [-0.25, -0.2) is 9.59 Å². The number of aromatic carboxylic acids is 2. The van der Waals surface area contributed by atoms with Gasteiger partial charge >= 0.3 is 11.9 Å². The minimum absolute atomic E-state index is 0.197. The summed E-state index contributed by atoms with van der Waals surface area (Å²) in [6, 6.07) is 29.5. The van der Waals surface area contributed by atoms with Gasteiger partial charge in [0.15, 0.2) is 0 Å². The number of carboxylic acid groups (broad SMARTS) is 2. The summed E-state index contributed by atoms with van der Waals surface area (Å²) >= 11 is 0. The average molecular weight is 678 g/mol. The highest BCUT2D eigenvalue weighted by Crippen LogP contribution is 2.27. The molecule has 242 valence electrons. The van der Waals surface area contributed by atoms with Crippen LogP contribution in [0.25, 0.3) is 0 Å². The molecular formula is C35H31N3O8Si2. The van der Waals surface area contributed by atoms with Crippen molar-refractivity contribution in [3.63, 3.8) is 0 Å². The summed E-state index contributed by atoms with van der Waals surface area (Å²) in [7, 11) is 0.975. The molecule has 5 N–H and O–H groups in total. The summed E-state index contributed by atoms with van der Waals surface area (Å²) in [5.74, 6) is -2.50. The molecule has 0 aliphatic carbocycles. The van der Waals surface area contributed by atoms with Gasteiger partial charge in [-0.05, 0) is 104 Å². The second-order valence-electron chi connectivity index (χ2n) is 10.6. The Morgan fingerprint density at radius 1 is 0.542 bits per heavy atom. The quantitative estimate of drug-likeness (QED) is 0.111. The molecule has 5 rings (SSSR count). The third-order valence-electron chi connectivity index (χ3n) is 7.06. The van der Waals surface area contributed by atoms with Crippen LogP contribution < -0.4 is 25.1 Å². The topological polar surface area (TPSA) is 163 Å². The number of hydrogen-bond acceptors (Lipinski definition) is 7. The summed E-state index contributed by atoms with van der Waals surface area (Å²) in [6.45, 7) is 1.96. The number of rotatable bonds is 12. The van der Waals surface area contributed by atoms with E-state index < -0.39 is 46.0 Å². The number of hydrogen-bond donors (Lipinski definition) is 5. The molecule has 0 atom stereocenters. The zero-order chi connectivity index (χ0) is 34.2. The Labute approximate surface area is 280 Å². The Balaban J connectivity index is 1.30. The fraction of sp³-hybridized carbons (Fsp3) is 0.0286. The maximum absolute atomic E-state index is 13.2. The van der Waals surface area contributed by atoms with Crippen molar-refractivity contribution < 1.29 is 38.9 Å². The number of carboxylic acids is 2. The molecule has 48 heavy (non-hydrogen) atoms. The van der Waals surface area contributed by atoms with Gasteiger partial charge in [0.1, 0.15) is 23.0 Å². The molecule has 0 fully saturated rings. The molecule has 0 saturated heterocycles. The monoisotopic (exact) mass is 677 g/mol. The lowest BCUT2D eigenvalue weighted by Crippen LogP contribution is -2.22. The van der Waals surface area contributed by atoms with Gasteiger partial charge in [0.05, 0.1) is 31.5 Å². The number of benzene rings is 5. The zero-order valence-electron chi connectivity index (χ0n) is 25.9. The predicted molar refractivity (Wildman–Crippen MR) is 189 cm³/mol. The highest BCUT2D eigenvalue weighted by Gasteiger charge is 2.26. The molecule has 2 amide bonds. The molecule has 13 heteroatoms. The maximum Gasteiger partial charge on any atom is 0.336 e. The number of aryl methyl sites for hydroxylation is 1. The van der Waals surface area contributed by atoms with Crippen molar-refractivity contribution >= 4 is 59.8 Å². The molecule has 0 radical (unpaired) electrons. The molecule has 0 bridgehead atoms. The van der Waals surface area contributed by atoms with Crippen LogP contribution in [-0.2, 0) is 0 Å². The second-order valence-corrected chi connectivity index (χ2v) is 13.8. The van der Waals surface area contributed by atoms with Crippen molar-refractivity contribution in [3.05, 3.63) is 137 Å². The summed E-state index contributed by atoms with van der Waals surface area (Å²) in [4.78, 5) is 54.2. The Morgan fingerprint density at radius 3 is 1.21 bits per heavy atom. The molecule has 5 aromatic rings. The van der Waals surface area contributed by atoms with Gasteiger partial charge in [-0.15, -0.1) is 0 Å². The van der Waals surface area contributed by atoms with E-state index in [4.69, 9.17) is 9.47 Å². The van der Waals surface area contributed by atoms with E-state index >= 15 is 0 Å². The van der Waals surface area contributed by atoms with Gasteiger partial charge in [0.2, 0.25) is 0 Å². The SMILES string of the molecule is Cc1ccc(Oc2ccc(NC(=O)c3cc(C(=O)O)c(C(=O)Nc4ccc(Oc5ccc(N[SiH2][SiH3])cc5)cc4)cc3C(=O)O)cc2)cc1. The smallest absolute Gasteiger partial charge is 0.336 e. The molecule has 0 aliphatic rings. The summed E-state index contributed by atoms with van der Waals surface area (Å²) in [5.41, 5.74) is 0.812. The number of ether oxygens (including phenoxy) is 2. The Hall–Kier alpha value is -6.19. The maximum atomic E-state index is 13.2. The lowest BCUT2D eigenvalue weighted by molar-refractivity contribution is 0.0677. The van der Waals surface area contributed by atoms with Crippen LogP contribution in [0, 0.1) is 6.92 Å². The zero-order valence-corrected chi connectivity index (χ0v) is 29.4. The van der Waals surface area contributed by atoms with Gasteiger partial charge in [-0.2, -0.15) is 0 Å². The number of carbonyl (C=O) groups excluding carboxylic acids is 2. The average Bonchev–Trinajstić information content (AvgIpc) is 3.07. The van der Waals surface area contributed by atoms with Crippen molar-refractivity contribution in [1.29, 1.82) is 0 Å². The molecule has 0 heterocycles. The van der Waals surface area contributed by atoms with E-state index in [0.717, 1.165) is 23.4 Å². The van der Waals surface area contributed by atoms with Gasteiger partial charge in [-0.1, -0.05) is 17.7 Å². The summed E-state index contributed by atoms with van der Waals surface area (Å²) < 4.78 is 11.6. The van der Waals surface area contributed by atoms with Crippen LogP contribution in [0.15, 0.2) is 109 Å². The highest BCUT2D eigenvalue weighted by atomic mass is 29.1. The van der Waals surface area contributed by atoms with Crippen LogP contribution in [0.2, 0.25) is 0 Å². The summed E-state index contributed by atoms with van der Waals surface area (Å²) in [6.07, 6.45) is 0. The van der Waals surface area contributed by atoms with Crippen molar-refractivity contribution in [2.45, 2.75) is 6.92 Å². The van der Waals surface area contributed by atoms with E-state index in [1.54, 1.807) is 48.5 Å². The van der Waals surface area contributed by atoms with Crippen molar-refractivity contribution in [3.8, 4) is 23.0 Å². The number of carbonyl (C=O) groups is 4. The van der Waals surface area contributed by atoms with Crippen molar-refractivity contribution in [2.75, 3.05) is 15.6 Å². The molecule has 5 aromatic carbocycles. The first kappa shape index (κ1) is 33.2. The molecular weight excluding hydrogens is 647 g/mol. The van der Waals surface area contributed by atoms with Gasteiger partial charge < -0.3 is 35.3 Å².